The number of aromatic carboxylic acids is 1. The predicted molar refractivity (Wildman–Crippen MR) is 54.2 cm³/mol. The second kappa shape index (κ2) is 7.60. The third kappa shape index (κ3) is 6.15. The van der Waals surface area contributed by atoms with E-state index in [-0.39, 0.29) is 0 Å². The van der Waals surface area contributed by atoms with Crippen molar-refractivity contribution in [1.82, 2.24) is 0 Å². The zero-order chi connectivity index (χ0) is 10.1. The molecule has 0 aliphatic carbocycles. The SMILES string of the molecule is C=C[CH2][Al].O=C(O)c1ccccc1. The molecule has 1 aromatic rings. The molecule has 1 rings (SSSR count). The molecule has 0 unspecified atom stereocenters. The highest BCUT2D eigenvalue weighted by Gasteiger charge is 1.96. The molecule has 13 heavy (non-hydrogen) atoms. The summed E-state index contributed by atoms with van der Waals surface area (Å²) < 4.78 is 0. The van der Waals surface area contributed by atoms with Crippen molar-refractivity contribution in [2.24, 2.45) is 0 Å². The maximum absolute atomic E-state index is 10.2. The van der Waals surface area contributed by atoms with E-state index in [1.165, 1.54) is 0 Å². The minimum absolute atomic E-state index is 0.331. The van der Waals surface area contributed by atoms with Crippen molar-refractivity contribution in [3.8, 4) is 0 Å². The molecule has 0 aliphatic heterocycles. The largest absolute Gasteiger partial charge is 0.478 e. The third-order valence-corrected chi connectivity index (χ3v) is 1.52. The van der Waals surface area contributed by atoms with E-state index in [9.17, 15) is 4.79 Å². The fourth-order valence-electron chi connectivity index (χ4n) is 0.581. The summed E-state index contributed by atoms with van der Waals surface area (Å²) in [4.78, 5) is 10.2. The summed E-state index contributed by atoms with van der Waals surface area (Å²) in [6.07, 6.45) is 1.84. The molecule has 3 heteroatoms. The first-order valence-electron chi connectivity index (χ1n) is 3.81. The van der Waals surface area contributed by atoms with E-state index in [0.717, 1.165) is 5.28 Å². The summed E-state index contributed by atoms with van der Waals surface area (Å²) >= 11 is 2.54. The van der Waals surface area contributed by atoms with Crippen molar-refractivity contribution in [3.63, 3.8) is 0 Å². The van der Waals surface area contributed by atoms with E-state index in [0.29, 0.717) is 5.56 Å². The number of allylic oxidation sites excluding steroid dienone is 1. The van der Waals surface area contributed by atoms with Crippen molar-refractivity contribution in [2.45, 2.75) is 5.28 Å². The number of rotatable bonds is 2. The van der Waals surface area contributed by atoms with Gasteiger partial charge in [0.15, 0.2) is 0 Å². The van der Waals surface area contributed by atoms with Gasteiger partial charge in [-0.1, -0.05) is 18.2 Å². The van der Waals surface area contributed by atoms with E-state index >= 15 is 0 Å². The van der Waals surface area contributed by atoms with Gasteiger partial charge in [-0.3, -0.25) is 0 Å². The zero-order valence-corrected chi connectivity index (χ0v) is 8.47. The molecular weight excluding hydrogens is 179 g/mol. The van der Waals surface area contributed by atoms with Crippen LogP contribution in [0.25, 0.3) is 0 Å². The lowest BCUT2D eigenvalue weighted by molar-refractivity contribution is 0.0697. The lowest BCUT2D eigenvalue weighted by atomic mass is 10.2. The molecule has 1 aromatic carbocycles. The van der Waals surface area contributed by atoms with Crippen molar-refractivity contribution >= 4 is 22.3 Å². The molecule has 0 saturated heterocycles. The molecule has 1 N–H and O–H groups in total. The quantitative estimate of drug-likeness (QED) is 0.573. The van der Waals surface area contributed by atoms with Gasteiger partial charge in [0, 0.05) is 0 Å². The summed E-state index contributed by atoms with van der Waals surface area (Å²) in [6.45, 7) is 3.46. The van der Waals surface area contributed by atoms with Crippen LogP contribution in [0.3, 0.4) is 0 Å². The van der Waals surface area contributed by atoms with Gasteiger partial charge in [-0.15, -0.1) is 17.9 Å². The highest BCUT2D eigenvalue weighted by atomic mass is 27.0. The van der Waals surface area contributed by atoms with Gasteiger partial charge in [0.05, 0.1) is 5.56 Å². The number of hydrogen-bond acceptors (Lipinski definition) is 1. The molecule has 0 bridgehead atoms. The smallest absolute Gasteiger partial charge is 0.335 e. The Kier molecular flexibility index (Phi) is 7.00. The van der Waals surface area contributed by atoms with E-state index < -0.39 is 5.97 Å². The van der Waals surface area contributed by atoms with Gasteiger partial charge in [0.2, 0.25) is 0 Å². The van der Waals surface area contributed by atoms with Crippen LogP contribution >= 0.6 is 0 Å². The van der Waals surface area contributed by atoms with Crippen LogP contribution in [0.2, 0.25) is 5.28 Å². The van der Waals surface area contributed by atoms with Gasteiger partial charge >= 0.3 is 5.97 Å². The monoisotopic (exact) mass is 190 g/mol. The van der Waals surface area contributed by atoms with Crippen LogP contribution in [0.5, 0.6) is 0 Å². The Morgan fingerprint density at radius 3 is 2.15 bits per heavy atom. The van der Waals surface area contributed by atoms with Crippen molar-refractivity contribution in [2.75, 3.05) is 0 Å². The first-order valence-corrected chi connectivity index (χ1v) is 4.63. The third-order valence-electron chi connectivity index (χ3n) is 1.19. The Morgan fingerprint density at radius 1 is 1.46 bits per heavy atom. The molecule has 2 nitrogen and oxygen atoms in total. The van der Waals surface area contributed by atoms with E-state index in [1.54, 1.807) is 30.3 Å². The molecule has 0 spiro atoms. The first-order chi connectivity index (χ1) is 6.22. The minimum Gasteiger partial charge on any atom is -0.478 e. The predicted octanol–water partition coefficient (Wildman–Crippen LogP) is 2.14. The second-order valence-corrected chi connectivity index (χ2v) is 2.67. The molecule has 0 amide bonds. The van der Waals surface area contributed by atoms with Crippen LogP contribution in [-0.2, 0) is 0 Å². The number of benzene rings is 1. The molecule has 0 fully saturated rings. The Bertz CT molecular complexity index is 257. The first kappa shape index (κ1) is 12.0. The summed E-state index contributed by atoms with van der Waals surface area (Å²) in [6, 6.07) is 8.30. The normalized spacial score (nSPS) is 8.00. The summed E-state index contributed by atoms with van der Waals surface area (Å²) in [7, 11) is 0. The lowest BCUT2D eigenvalue weighted by Gasteiger charge is -1.88. The average molecular weight is 190 g/mol. The van der Waals surface area contributed by atoms with E-state index in [4.69, 9.17) is 5.11 Å². The van der Waals surface area contributed by atoms with E-state index in [2.05, 4.69) is 22.9 Å². The summed E-state index contributed by atoms with van der Waals surface area (Å²) in [5.41, 5.74) is 0.331. The lowest BCUT2D eigenvalue weighted by Crippen LogP contribution is -1.93. The van der Waals surface area contributed by atoms with Gasteiger partial charge in [0.1, 0.15) is 16.3 Å². The van der Waals surface area contributed by atoms with Crippen LogP contribution in [0, 0.1) is 0 Å². The second-order valence-electron chi connectivity index (χ2n) is 2.20. The molecular formula is C10H11AlO2. The number of carboxylic acid groups (broad SMARTS) is 1. The Morgan fingerprint density at radius 2 is 1.92 bits per heavy atom. The zero-order valence-electron chi connectivity index (χ0n) is 7.31. The summed E-state index contributed by atoms with van der Waals surface area (Å²) in [5, 5.41) is 9.38. The van der Waals surface area contributed by atoms with Crippen LogP contribution < -0.4 is 0 Å². The molecule has 0 heterocycles. The molecule has 0 atom stereocenters. The molecule has 2 radical (unpaired) electrons. The van der Waals surface area contributed by atoms with E-state index in [1.807, 2.05) is 6.08 Å². The van der Waals surface area contributed by atoms with Crippen LogP contribution in [0.1, 0.15) is 10.4 Å². The van der Waals surface area contributed by atoms with Gasteiger partial charge in [0.25, 0.3) is 0 Å². The summed E-state index contributed by atoms with van der Waals surface area (Å²) in [5.74, 6) is -0.879. The minimum atomic E-state index is -0.879. The van der Waals surface area contributed by atoms with Crippen LogP contribution in [0.4, 0.5) is 0 Å². The molecule has 0 saturated carbocycles. The Labute approximate surface area is 86.3 Å². The standard InChI is InChI=1S/C7H6O2.C3H5.Al/c8-7(9)6-4-2-1-3-5-6;1-3-2;/h1-5H,(H,8,9);3H,1-2H2;. The highest BCUT2D eigenvalue weighted by molar-refractivity contribution is 6.09. The number of carboxylic acids is 1. The maximum Gasteiger partial charge on any atom is 0.335 e. The van der Waals surface area contributed by atoms with Crippen LogP contribution in [-0.4, -0.2) is 27.4 Å². The fourth-order valence-corrected chi connectivity index (χ4v) is 0.581. The maximum atomic E-state index is 10.2. The fraction of sp³-hybridized carbons (Fsp3) is 0.100. The van der Waals surface area contributed by atoms with Crippen molar-refractivity contribution < 1.29 is 9.90 Å². The van der Waals surface area contributed by atoms with Gasteiger partial charge in [-0.05, 0) is 12.1 Å². The van der Waals surface area contributed by atoms with Gasteiger partial charge < -0.3 is 5.11 Å². The Balaban J connectivity index is 0.000000310. The average Bonchev–Trinajstić information content (AvgIpc) is 2.19. The molecule has 66 valence electrons. The van der Waals surface area contributed by atoms with Crippen molar-refractivity contribution in [1.29, 1.82) is 0 Å². The topological polar surface area (TPSA) is 37.3 Å². The highest BCUT2D eigenvalue weighted by Crippen LogP contribution is 1.96. The molecule has 0 aliphatic rings. The van der Waals surface area contributed by atoms with Crippen molar-refractivity contribution in [3.05, 3.63) is 48.6 Å². The molecule has 0 aromatic heterocycles. The van der Waals surface area contributed by atoms with Gasteiger partial charge in [-0.25, -0.2) is 4.79 Å². The number of hydrogen-bond donors (Lipinski definition) is 1. The van der Waals surface area contributed by atoms with Gasteiger partial charge in [-0.2, -0.15) is 0 Å². The Hall–Kier alpha value is -1.04. The number of carbonyl (C=O) groups is 1. The van der Waals surface area contributed by atoms with Crippen LogP contribution in [0.15, 0.2) is 43.0 Å².